The normalized spacial score (nSPS) is 13.8. The summed E-state index contributed by atoms with van der Waals surface area (Å²) in [4.78, 5) is 14.9. The van der Waals surface area contributed by atoms with E-state index in [-0.39, 0.29) is 12.1 Å². The summed E-state index contributed by atoms with van der Waals surface area (Å²) in [6.45, 7) is 5.52. The van der Waals surface area contributed by atoms with Gasteiger partial charge in [0.2, 0.25) is 0 Å². The molecule has 0 heterocycles. The molecule has 0 radical (unpaired) electrons. The molecule has 0 amide bonds. The van der Waals surface area contributed by atoms with Crippen molar-refractivity contribution in [1.29, 1.82) is 0 Å². The van der Waals surface area contributed by atoms with Crippen molar-refractivity contribution in [2.24, 2.45) is 0 Å². The van der Waals surface area contributed by atoms with Crippen LogP contribution in [0.2, 0.25) is 0 Å². The van der Waals surface area contributed by atoms with E-state index in [1.807, 2.05) is 13.8 Å². The van der Waals surface area contributed by atoms with Gasteiger partial charge in [0.25, 0.3) is 0 Å². The third-order valence-corrected chi connectivity index (χ3v) is 0.694. The topological polar surface area (TPSA) is 38.3 Å². The average molecular weight is 131 g/mol. The first kappa shape index (κ1) is 8.59. The van der Waals surface area contributed by atoms with Gasteiger partial charge in [-0.05, 0) is 20.8 Å². The molecule has 3 heteroatoms. The highest BCUT2D eigenvalue weighted by Crippen LogP contribution is 1.83. The van der Waals surface area contributed by atoms with Crippen molar-refractivity contribution >= 4 is 6.29 Å². The van der Waals surface area contributed by atoms with Crippen molar-refractivity contribution in [3.8, 4) is 0 Å². The van der Waals surface area contributed by atoms with Gasteiger partial charge < -0.3 is 4.79 Å². The molecular weight excluding hydrogens is 118 g/mol. The predicted octanol–water partition coefficient (Wildman–Crippen LogP) is 0.503. The molecule has 0 aromatic carbocycles. The van der Waals surface area contributed by atoms with E-state index in [2.05, 4.69) is 5.48 Å². The zero-order valence-electron chi connectivity index (χ0n) is 6.05. The third kappa shape index (κ3) is 5.46. The summed E-state index contributed by atoms with van der Waals surface area (Å²) < 4.78 is 0. The second-order valence-corrected chi connectivity index (χ2v) is 2.21. The molecule has 0 aromatic heterocycles. The minimum atomic E-state index is -0.215. The van der Waals surface area contributed by atoms with E-state index in [4.69, 9.17) is 4.84 Å². The van der Waals surface area contributed by atoms with Crippen LogP contribution in [0.5, 0.6) is 0 Å². The molecule has 3 nitrogen and oxygen atoms in total. The lowest BCUT2D eigenvalue weighted by atomic mass is 10.4. The second kappa shape index (κ2) is 4.47. The first-order valence-electron chi connectivity index (χ1n) is 3.03. The molecule has 1 atom stereocenters. The van der Waals surface area contributed by atoms with Crippen LogP contribution >= 0.6 is 0 Å². The summed E-state index contributed by atoms with van der Waals surface area (Å²) in [7, 11) is 0. The zero-order chi connectivity index (χ0) is 7.28. The first-order valence-corrected chi connectivity index (χ1v) is 3.03. The van der Waals surface area contributed by atoms with E-state index >= 15 is 0 Å². The lowest BCUT2D eigenvalue weighted by Gasteiger charge is -2.09. The highest BCUT2D eigenvalue weighted by molar-refractivity contribution is 5.56. The highest BCUT2D eigenvalue weighted by Gasteiger charge is 1.98. The third-order valence-electron chi connectivity index (χ3n) is 0.694. The maximum absolute atomic E-state index is 9.97. The molecule has 0 spiro atoms. The van der Waals surface area contributed by atoms with Crippen LogP contribution in [0, 0.1) is 0 Å². The monoisotopic (exact) mass is 131 g/mol. The van der Waals surface area contributed by atoms with Crippen molar-refractivity contribution in [2.75, 3.05) is 0 Å². The summed E-state index contributed by atoms with van der Waals surface area (Å²) in [6, 6.07) is -0.215. The fraction of sp³-hybridized carbons (Fsp3) is 0.833. The lowest BCUT2D eigenvalue weighted by molar-refractivity contribution is -0.114. The molecule has 0 rings (SSSR count). The number of hydroxylamine groups is 1. The van der Waals surface area contributed by atoms with E-state index in [0.717, 1.165) is 6.29 Å². The van der Waals surface area contributed by atoms with Crippen molar-refractivity contribution in [3.05, 3.63) is 0 Å². The quantitative estimate of drug-likeness (QED) is 0.446. The van der Waals surface area contributed by atoms with E-state index in [0.29, 0.717) is 0 Å². The fourth-order valence-corrected chi connectivity index (χ4v) is 0.271. The molecule has 0 saturated carbocycles. The molecule has 0 saturated heterocycles. The molecule has 0 unspecified atom stereocenters. The zero-order valence-corrected chi connectivity index (χ0v) is 6.05. The summed E-state index contributed by atoms with van der Waals surface area (Å²) in [6.07, 6.45) is 0.912. The molecule has 0 aliphatic carbocycles. The van der Waals surface area contributed by atoms with Crippen LogP contribution in [0.4, 0.5) is 0 Å². The van der Waals surface area contributed by atoms with E-state index in [1.165, 1.54) is 0 Å². The van der Waals surface area contributed by atoms with Gasteiger partial charge in [-0.3, -0.25) is 4.84 Å². The van der Waals surface area contributed by atoms with Gasteiger partial charge in [-0.1, -0.05) is 0 Å². The van der Waals surface area contributed by atoms with E-state index in [1.54, 1.807) is 6.92 Å². The lowest BCUT2D eigenvalue weighted by Crippen LogP contribution is -2.29. The number of aldehydes is 1. The molecule has 9 heavy (non-hydrogen) atoms. The Bertz CT molecular complexity index is 83.1. The Morgan fingerprint density at radius 3 is 2.33 bits per heavy atom. The second-order valence-electron chi connectivity index (χ2n) is 2.21. The summed E-state index contributed by atoms with van der Waals surface area (Å²) in [5.41, 5.74) is 2.56. The molecule has 0 fully saturated rings. The molecule has 1 N–H and O–H groups in total. The van der Waals surface area contributed by atoms with Gasteiger partial charge in [-0.2, -0.15) is 5.48 Å². The largest absolute Gasteiger partial charge is 0.302 e. The van der Waals surface area contributed by atoms with Crippen LogP contribution in [0.1, 0.15) is 20.8 Å². The molecule has 0 bridgehead atoms. The van der Waals surface area contributed by atoms with Crippen molar-refractivity contribution in [1.82, 2.24) is 5.48 Å². The number of carbonyl (C=O) groups excluding carboxylic acids is 1. The fourth-order valence-electron chi connectivity index (χ4n) is 0.271. The van der Waals surface area contributed by atoms with Gasteiger partial charge in [-0.15, -0.1) is 0 Å². The standard InChI is InChI=1S/C6H13NO2/c1-5(2)9-7-6(3)4-8/h4-7H,1-3H3/t6-/m0/s1. The number of hydrogen-bond donors (Lipinski definition) is 1. The number of nitrogens with one attached hydrogen (secondary N) is 1. The number of hydrogen-bond acceptors (Lipinski definition) is 3. The van der Waals surface area contributed by atoms with Gasteiger partial charge in [-0.25, -0.2) is 0 Å². The molecular formula is C6H13NO2. The Kier molecular flexibility index (Phi) is 4.26. The minimum Gasteiger partial charge on any atom is -0.302 e. The Balaban J connectivity index is 3.16. The van der Waals surface area contributed by atoms with Crippen molar-refractivity contribution < 1.29 is 9.63 Å². The van der Waals surface area contributed by atoms with E-state index < -0.39 is 0 Å². The summed E-state index contributed by atoms with van der Waals surface area (Å²) >= 11 is 0. The summed E-state index contributed by atoms with van der Waals surface area (Å²) in [5, 5.41) is 0. The van der Waals surface area contributed by atoms with Crippen LogP contribution in [0.3, 0.4) is 0 Å². The van der Waals surface area contributed by atoms with Crippen LogP contribution in [-0.4, -0.2) is 18.4 Å². The van der Waals surface area contributed by atoms with Gasteiger partial charge in [0.15, 0.2) is 0 Å². The Morgan fingerprint density at radius 1 is 1.44 bits per heavy atom. The SMILES string of the molecule is CC(C)ON[C@@H](C)C=O. The van der Waals surface area contributed by atoms with Gasteiger partial charge >= 0.3 is 0 Å². The molecule has 0 aromatic rings. The summed E-state index contributed by atoms with van der Waals surface area (Å²) in [5.74, 6) is 0. The predicted molar refractivity (Wildman–Crippen MR) is 34.9 cm³/mol. The minimum absolute atomic E-state index is 0.118. The Hall–Kier alpha value is -0.410. The van der Waals surface area contributed by atoms with Crippen LogP contribution < -0.4 is 5.48 Å². The highest BCUT2D eigenvalue weighted by atomic mass is 16.7. The Labute approximate surface area is 55.3 Å². The average Bonchev–Trinajstić information content (AvgIpc) is 1.83. The Morgan fingerprint density at radius 2 is 2.00 bits per heavy atom. The van der Waals surface area contributed by atoms with Crippen LogP contribution in [-0.2, 0) is 9.63 Å². The van der Waals surface area contributed by atoms with Crippen LogP contribution in [0.25, 0.3) is 0 Å². The van der Waals surface area contributed by atoms with Crippen LogP contribution in [0.15, 0.2) is 0 Å². The van der Waals surface area contributed by atoms with Crippen molar-refractivity contribution in [3.63, 3.8) is 0 Å². The van der Waals surface area contributed by atoms with Gasteiger partial charge in [0, 0.05) is 0 Å². The van der Waals surface area contributed by atoms with Crippen molar-refractivity contribution in [2.45, 2.75) is 32.9 Å². The first-order chi connectivity index (χ1) is 4.16. The number of rotatable bonds is 4. The number of carbonyl (C=O) groups is 1. The molecule has 54 valence electrons. The maximum Gasteiger partial charge on any atom is 0.138 e. The molecule has 0 aliphatic rings. The smallest absolute Gasteiger partial charge is 0.138 e. The van der Waals surface area contributed by atoms with Gasteiger partial charge in [0.1, 0.15) is 6.29 Å². The van der Waals surface area contributed by atoms with Gasteiger partial charge in [0.05, 0.1) is 12.1 Å². The molecule has 0 aliphatic heterocycles. The maximum atomic E-state index is 9.97. The van der Waals surface area contributed by atoms with E-state index in [9.17, 15) is 4.79 Å².